The lowest BCUT2D eigenvalue weighted by molar-refractivity contribution is 0.0723. The molecule has 4 aromatic rings. The zero-order valence-corrected chi connectivity index (χ0v) is 22.3. The fourth-order valence-corrected chi connectivity index (χ4v) is 6.74. The van der Waals surface area contributed by atoms with Crippen LogP contribution in [0, 0.1) is 0 Å². The smallest absolute Gasteiger partial charge is 0.154 e. The van der Waals surface area contributed by atoms with E-state index >= 15 is 0 Å². The van der Waals surface area contributed by atoms with Gasteiger partial charge in [0.2, 0.25) is 0 Å². The van der Waals surface area contributed by atoms with Crippen LogP contribution in [0.2, 0.25) is 0 Å². The van der Waals surface area contributed by atoms with Crippen LogP contribution in [0.15, 0.2) is 71.4 Å². The Morgan fingerprint density at radius 3 is 1.44 bits per heavy atom. The Kier molecular flexibility index (Phi) is 7.22. The predicted molar refractivity (Wildman–Crippen MR) is 147 cm³/mol. The number of fused-ring (bicyclic) bond motifs is 2. The van der Waals surface area contributed by atoms with E-state index in [2.05, 4.69) is 13.8 Å². The van der Waals surface area contributed by atoms with E-state index in [1.165, 1.54) is 22.7 Å². The van der Waals surface area contributed by atoms with Crippen LogP contribution < -0.4 is 9.47 Å². The monoisotopic (exact) mass is 520 g/mol. The van der Waals surface area contributed by atoms with E-state index in [4.69, 9.17) is 9.47 Å². The molecule has 0 radical (unpaired) electrons. The van der Waals surface area contributed by atoms with Crippen LogP contribution in [-0.4, -0.2) is 23.4 Å². The second kappa shape index (κ2) is 10.4. The maximum atomic E-state index is 12.8. The van der Waals surface area contributed by atoms with Crippen LogP contribution in [0.25, 0.3) is 0 Å². The fourth-order valence-electron chi connectivity index (χ4n) is 5.06. The number of benzene rings is 2. The van der Waals surface area contributed by atoms with Gasteiger partial charge in [0, 0.05) is 32.0 Å². The highest BCUT2D eigenvalue weighted by molar-refractivity contribution is 7.10. The Labute approximate surface area is 220 Å². The Hall–Kier alpha value is -2.64. The molecule has 0 aliphatic heterocycles. The first-order chi connectivity index (χ1) is 17.6. The van der Waals surface area contributed by atoms with Gasteiger partial charge in [-0.2, -0.15) is 0 Å². The zero-order chi connectivity index (χ0) is 25.2. The Balaban J connectivity index is 1.84. The van der Waals surface area contributed by atoms with Crippen molar-refractivity contribution in [2.24, 2.45) is 0 Å². The molecule has 1 unspecified atom stereocenters. The summed E-state index contributed by atoms with van der Waals surface area (Å²) in [5.41, 5.74) is -0.581. The van der Waals surface area contributed by atoms with Gasteiger partial charge in [-0.15, -0.1) is 22.7 Å². The summed E-state index contributed by atoms with van der Waals surface area (Å²) in [7, 11) is 0. The average Bonchev–Trinajstić information content (AvgIpc) is 3.63. The highest BCUT2D eigenvalue weighted by Crippen LogP contribution is 2.58. The molecule has 36 heavy (non-hydrogen) atoms. The second-order valence-corrected chi connectivity index (χ2v) is 11.0. The molecule has 4 nitrogen and oxygen atoms in total. The number of thiophene rings is 2. The summed E-state index contributed by atoms with van der Waals surface area (Å²) in [4.78, 5) is 1.55. The Morgan fingerprint density at radius 2 is 1.08 bits per heavy atom. The van der Waals surface area contributed by atoms with E-state index in [0.717, 1.165) is 35.4 Å². The molecule has 5 rings (SSSR count). The summed E-state index contributed by atoms with van der Waals surface area (Å²) in [5.74, 6) is 1.18. The molecule has 0 saturated heterocycles. The van der Waals surface area contributed by atoms with Gasteiger partial charge < -0.3 is 19.7 Å². The van der Waals surface area contributed by atoms with Gasteiger partial charge >= 0.3 is 0 Å². The van der Waals surface area contributed by atoms with E-state index in [-0.39, 0.29) is 0 Å². The Bertz CT molecular complexity index is 1200. The molecular weight excluding hydrogens is 488 g/mol. The molecule has 2 heterocycles. The van der Waals surface area contributed by atoms with Crippen LogP contribution in [-0.2, 0) is 11.2 Å². The lowest BCUT2D eigenvalue weighted by Crippen LogP contribution is -2.44. The first kappa shape index (κ1) is 25.0. The maximum Gasteiger partial charge on any atom is 0.154 e. The van der Waals surface area contributed by atoms with Crippen molar-refractivity contribution >= 4 is 22.7 Å². The molecular formula is C30H32O4S2. The van der Waals surface area contributed by atoms with Crippen LogP contribution in [0.5, 0.6) is 11.5 Å². The van der Waals surface area contributed by atoms with E-state index in [1.54, 1.807) is 0 Å². The van der Waals surface area contributed by atoms with Gasteiger partial charge in [-0.05, 0) is 47.9 Å². The largest absolute Gasteiger partial charge is 0.493 e. The number of unbranched alkanes of at least 4 members (excludes halogenated alkanes) is 2. The quantitative estimate of drug-likeness (QED) is 0.220. The minimum Gasteiger partial charge on any atom is -0.493 e. The summed E-state index contributed by atoms with van der Waals surface area (Å²) in [6.45, 7) is 5.32. The highest BCUT2D eigenvalue weighted by atomic mass is 32.1. The third-order valence-corrected chi connectivity index (χ3v) is 8.78. The minimum absolute atomic E-state index is 0.540. The van der Waals surface area contributed by atoms with Crippen molar-refractivity contribution in [1.29, 1.82) is 0 Å². The van der Waals surface area contributed by atoms with Crippen molar-refractivity contribution in [2.75, 3.05) is 13.2 Å². The highest BCUT2D eigenvalue weighted by Gasteiger charge is 2.54. The summed E-state index contributed by atoms with van der Waals surface area (Å²) >= 11 is 2.98. The summed E-state index contributed by atoms with van der Waals surface area (Å²) in [6, 6.07) is 19.2. The van der Waals surface area contributed by atoms with Crippen molar-refractivity contribution in [1.82, 2.24) is 0 Å². The predicted octanol–water partition coefficient (Wildman–Crippen LogP) is 7.05. The molecule has 2 aromatic heterocycles. The molecule has 1 aliphatic carbocycles. The maximum absolute atomic E-state index is 12.8. The first-order valence-electron chi connectivity index (χ1n) is 12.6. The van der Waals surface area contributed by atoms with Crippen LogP contribution in [0.3, 0.4) is 0 Å². The normalized spacial score (nSPS) is 20.6. The van der Waals surface area contributed by atoms with Crippen molar-refractivity contribution in [2.45, 2.75) is 50.7 Å². The standard InChI is InChI=1S/C30H32O4S2/c1-3-5-17-33-23-13-7-11-21-27(23)29(31,25-15-9-19-35-25)22-12-8-14-24(34-18-6-4-2)28(22)30(21,32)26-16-10-20-36-26/h7-16,19-20,31-32H,3-6,17-18H2,1-2H3/t29-,30?/m0/s1. The van der Waals surface area contributed by atoms with E-state index in [9.17, 15) is 10.2 Å². The lowest BCUT2D eigenvalue weighted by Gasteiger charge is -2.45. The van der Waals surface area contributed by atoms with Crippen molar-refractivity contribution in [3.63, 3.8) is 0 Å². The molecule has 6 heteroatoms. The number of rotatable bonds is 10. The van der Waals surface area contributed by atoms with Gasteiger partial charge in [-0.25, -0.2) is 0 Å². The molecule has 2 N–H and O–H groups in total. The van der Waals surface area contributed by atoms with E-state index in [1.807, 2.05) is 71.4 Å². The number of ether oxygens (including phenoxy) is 2. The van der Waals surface area contributed by atoms with Gasteiger partial charge in [0.15, 0.2) is 11.2 Å². The molecule has 2 aromatic carbocycles. The minimum atomic E-state index is -1.50. The van der Waals surface area contributed by atoms with Gasteiger partial charge in [-0.3, -0.25) is 0 Å². The van der Waals surface area contributed by atoms with Crippen LogP contribution in [0.4, 0.5) is 0 Å². The molecule has 2 atom stereocenters. The third-order valence-electron chi connectivity index (χ3n) is 6.82. The van der Waals surface area contributed by atoms with Crippen molar-refractivity contribution in [3.8, 4) is 11.5 Å². The van der Waals surface area contributed by atoms with E-state index in [0.29, 0.717) is 47.0 Å². The molecule has 0 saturated carbocycles. The molecule has 188 valence electrons. The van der Waals surface area contributed by atoms with Crippen LogP contribution in [0.1, 0.15) is 71.5 Å². The topological polar surface area (TPSA) is 58.9 Å². The van der Waals surface area contributed by atoms with E-state index < -0.39 is 11.2 Å². The second-order valence-electron chi connectivity index (χ2n) is 9.14. The van der Waals surface area contributed by atoms with Crippen molar-refractivity contribution < 1.29 is 19.7 Å². The number of hydrogen-bond acceptors (Lipinski definition) is 6. The summed E-state index contributed by atoms with van der Waals surface area (Å²) in [6.07, 6.45) is 3.82. The third kappa shape index (κ3) is 3.97. The Morgan fingerprint density at radius 1 is 0.639 bits per heavy atom. The number of hydrogen-bond donors (Lipinski definition) is 2. The molecule has 0 amide bonds. The summed E-state index contributed by atoms with van der Waals surface area (Å²) < 4.78 is 12.6. The molecule has 0 fully saturated rings. The van der Waals surface area contributed by atoms with Gasteiger partial charge in [0.25, 0.3) is 0 Å². The fraction of sp³-hybridized carbons (Fsp3) is 0.333. The number of aliphatic hydroxyl groups is 2. The van der Waals surface area contributed by atoms with Crippen molar-refractivity contribution in [3.05, 3.63) is 103 Å². The zero-order valence-electron chi connectivity index (χ0n) is 20.7. The lowest BCUT2D eigenvalue weighted by atomic mass is 9.66. The molecule has 0 spiro atoms. The average molecular weight is 521 g/mol. The molecule has 0 bridgehead atoms. The first-order valence-corrected chi connectivity index (χ1v) is 14.4. The van der Waals surface area contributed by atoms with Gasteiger partial charge in [0.1, 0.15) is 11.5 Å². The van der Waals surface area contributed by atoms with Gasteiger partial charge in [-0.1, -0.05) is 63.1 Å². The summed E-state index contributed by atoms with van der Waals surface area (Å²) in [5, 5.41) is 29.5. The molecule has 1 aliphatic rings. The SMILES string of the molecule is CCCCOc1cccc2c1C(O)(c1cccs1)c1cccc(OCCCC)c1[C@@]2(O)c1cccs1. The van der Waals surface area contributed by atoms with Gasteiger partial charge in [0.05, 0.1) is 13.2 Å². The van der Waals surface area contributed by atoms with Crippen LogP contribution >= 0.6 is 22.7 Å².